The Morgan fingerprint density at radius 3 is 1.82 bits per heavy atom. The third kappa shape index (κ3) is 9.04. The smallest absolute Gasteiger partial charge is 0.307 e. The van der Waals surface area contributed by atoms with Crippen LogP contribution >= 0.6 is 0 Å². The first-order valence-electron chi connectivity index (χ1n) is 15.3. The van der Waals surface area contributed by atoms with Crippen LogP contribution in [0, 0.1) is 22.7 Å². The lowest BCUT2D eigenvalue weighted by Crippen LogP contribution is -2.21. The molecular weight excluding hydrogens is 648 g/mol. The van der Waals surface area contributed by atoms with E-state index in [9.17, 15) is 29.7 Å². The van der Waals surface area contributed by atoms with E-state index in [1.54, 1.807) is 42.5 Å². The largest absolute Gasteiger partial charge is 0.481 e. The van der Waals surface area contributed by atoms with Crippen molar-refractivity contribution in [2.75, 3.05) is 10.6 Å². The van der Waals surface area contributed by atoms with Gasteiger partial charge >= 0.3 is 5.97 Å². The Bertz CT molecular complexity index is 2380. The summed E-state index contributed by atoms with van der Waals surface area (Å²) in [6.45, 7) is 0.366. The number of amides is 1. The molecule has 6 aromatic rings. The standard InChI is InChI=1S/C20H14N4O4.C18H14N4O/c21-11-15-17(13-6-2-1-3-7-13)22-20(24-19(15)28)23-18(27)14-8-4-5-12(9-14)10-16(25)26;19-11-15-17(13-7-3-1-4-8-13)21-16(22-18(15)23)12-20-14-9-5-2-6-10-14/h1-9H,10H2,(H,25,26)(H2,22,23,24,27,28);1-10,20H,12H2,(H,21,22,23). The van der Waals surface area contributed by atoms with Crippen molar-refractivity contribution in [1.29, 1.82) is 10.5 Å². The van der Waals surface area contributed by atoms with Gasteiger partial charge in [-0.2, -0.15) is 10.5 Å². The average Bonchev–Trinajstić information content (AvgIpc) is 3.15. The highest BCUT2D eigenvalue weighted by molar-refractivity contribution is 6.03. The second kappa shape index (κ2) is 16.5. The van der Waals surface area contributed by atoms with Crippen LogP contribution in [-0.2, 0) is 17.8 Å². The minimum Gasteiger partial charge on any atom is -0.481 e. The van der Waals surface area contributed by atoms with Crippen molar-refractivity contribution in [3.63, 3.8) is 0 Å². The molecule has 5 N–H and O–H groups in total. The van der Waals surface area contributed by atoms with Crippen LogP contribution in [0.25, 0.3) is 22.5 Å². The van der Waals surface area contributed by atoms with E-state index in [1.165, 1.54) is 12.1 Å². The molecule has 0 bridgehead atoms. The van der Waals surface area contributed by atoms with Gasteiger partial charge in [-0.25, -0.2) is 9.97 Å². The van der Waals surface area contributed by atoms with Gasteiger partial charge in [-0.3, -0.25) is 29.5 Å². The molecule has 250 valence electrons. The van der Waals surface area contributed by atoms with Crippen LogP contribution in [-0.4, -0.2) is 36.9 Å². The van der Waals surface area contributed by atoms with E-state index >= 15 is 0 Å². The van der Waals surface area contributed by atoms with E-state index in [-0.39, 0.29) is 34.8 Å². The Kier molecular flexibility index (Phi) is 11.2. The highest BCUT2D eigenvalue weighted by Gasteiger charge is 2.16. The Labute approximate surface area is 290 Å². The summed E-state index contributed by atoms with van der Waals surface area (Å²) in [5, 5.41) is 33.0. The Hall–Kier alpha value is -7.64. The minimum absolute atomic E-state index is 0.0275. The molecule has 0 aliphatic rings. The molecule has 13 nitrogen and oxygen atoms in total. The van der Waals surface area contributed by atoms with Crippen molar-refractivity contribution in [2.24, 2.45) is 0 Å². The number of para-hydroxylation sites is 1. The zero-order valence-corrected chi connectivity index (χ0v) is 26.8. The van der Waals surface area contributed by atoms with Gasteiger partial charge in [0.15, 0.2) is 0 Å². The number of anilines is 2. The van der Waals surface area contributed by atoms with Crippen molar-refractivity contribution in [3.05, 3.63) is 164 Å². The summed E-state index contributed by atoms with van der Waals surface area (Å²) in [5.74, 6) is -1.21. The third-order valence-corrected chi connectivity index (χ3v) is 7.22. The molecule has 0 unspecified atom stereocenters. The molecule has 13 heteroatoms. The minimum atomic E-state index is -1.01. The molecular formula is C38H28N8O5. The van der Waals surface area contributed by atoms with E-state index in [0.29, 0.717) is 29.2 Å². The maximum absolute atomic E-state index is 12.5. The number of hydrogen-bond acceptors (Lipinski definition) is 9. The fourth-order valence-corrected chi connectivity index (χ4v) is 4.87. The second-order valence-electron chi connectivity index (χ2n) is 10.8. The quantitative estimate of drug-likeness (QED) is 0.136. The summed E-state index contributed by atoms with van der Waals surface area (Å²) in [6.07, 6.45) is -0.217. The number of nitriles is 2. The van der Waals surface area contributed by atoms with Crippen molar-refractivity contribution >= 4 is 23.5 Å². The molecule has 6 rings (SSSR count). The summed E-state index contributed by atoms with van der Waals surface area (Å²) >= 11 is 0. The van der Waals surface area contributed by atoms with E-state index < -0.39 is 23.0 Å². The Morgan fingerprint density at radius 2 is 1.25 bits per heavy atom. The lowest BCUT2D eigenvalue weighted by Gasteiger charge is -2.08. The number of benzene rings is 4. The van der Waals surface area contributed by atoms with Crippen LogP contribution in [0.2, 0.25) is 0 Å². The molecule has 2 heterocycles. The van der Waals surface area contributed by atoms with Gasteiger partial charge in [0, 0.05) is 22.4 Å². The number of hydrogen-bond donors (Lipinski definition) is 5. The van der Waals surface area contributed by atoms with Gasteiger partial charge in [0.2, 0.25) is 5.95 Å². The molecule has 0 saturated heterocycles. The van der Waals surface area contributed by atoms with E-state index in [1.807, 2.05) is 72.8 Å². The highest BCUT2D eigenvalue weighted by Crippen LogP contribution is 2.21. The second-order valence-corrected chi connectivity index (χ2v) is 10.8. The molecule has 0 aliphatic carbocycles. The molecule has 2 aromatic heterocycles. The number of aliphatic carboxylic acids is 1. The Balaban J connectivity index is 0.000000201. The van der Waals surface area contributed by atoms with Crippen LogP contribution in [0.3, 0.4) is 0 Å². The number of aromatic nitrogens is 4. The SMILES string of the molecule is N#Cc1c(-c2ccccc2)nc(CNc2ccccc2)[nH]c1=O.N#Cc1c(-c2ccccc2)nc(NC(=O)c2cccc(CC(=O)O)c2)[nH]c1=O. The average molecular weight is 677 g/mol. The zero-order valence-electron chi connectivity index (χ0n) is 26.8. The van der Waals surface area contributed by atoms with Crippen LogP contribution < -0.4 is 21.8 Å². The van der Waals surface area contributed by atoms with E-state index in [0.717, 1.165) is 11.3 Å². The third-order valence-electron chi connectivity index (χ3n) is 7.22. The van der Waals surface area contributed by atoms with Gasteiger partial charge in [-0.15, -0.1) is 0 Å². The molecule has 1 amide bonds. The highest BCUT2D eigenvalue weighted by atomic mass is 16.4. The lowest BCUT2D eigenvalue weighted by atomic mass is 10.1. The fourth-order valence-electron chi connectivity index (χ4n) is 4.87. The number of nitrogens with one attached hydrogen (secondary N) is 4. The Morgan fingerprint density at radius 1 is 0.706 bits per heavy atom. The van der Waals surface area contributed by atoms with E-state index in [4.69, 9.17) is 5.11 Å². The summed E-state index contributed by atoms with van der Waals surface area (Å²) in [6, 6.07) is 37.4. The number of H-pyrrole nitrogens is 2. The van der Waals surface area contributed by atoms with Crippen LogP contribution in [0.15, 0.2) is 125 Å². The summed E-state index contributed by atoms with van der Waals surface area (Å²) < 4.78 is 0. The normalized spacial score (nSPS) is 10.1. The van der Waals surface area contributed by atoms with Crippen LogP contribution in [0.5, 0.6) is 0 Å². The van der Waals surface area contributed by atoms with Gasteiger partial charge in [0.25, 0.3) is 17.0 Å². The summed E-state index contributed by atoms with van der Waals surface area (Å²) in [7, 11) is 0. The van der Waals surface area contributed by atoms with Crippen molar-refractivity contribution in [3.8, 4) is 34.7 Å². The summed E-state index contributed by atoms with van der Waals surface area (Å²) in [5.41, 5.74) is 2.24. The number of carbonyl (C=O) groups excluding carboxylic acids is 1. The molecule has 0 spiro atoms. The van der Waals surface area contributed by atoms with E-state index in [2.05, 4.69) is 30.6 Å². The van der Waals surface area contributed by atoms with Crippen LogP contribution in [0.1, 0.15) is 32.9 Å². The van der Waals surface area contributed by atoms with Gasteiger partial charge in [-0.05, 0) is 29.8 Å². The van der Waals surface area contributed by atoms with Crippen LogP contribution in [0.4, 0.5) is 11.6 Å². The lowest BCUT2D eigenvalue weighted by molar-refractivity contribution is -0.136. The van der Waals surface area contributed by atoms with Crippen molar-refractivity contribution < 1.29 is 14.7 Å². The van der Waals surface area contributed by atoms with Gasteiger partial charge in [0.1, 0.15) is 29.1 Å². The molecule has 0 radical (unpaired) electrons. The van der Waals surface area contributed by atoms with Crippen molar-refractivity contribution in [1.82, 2.24) is 19.9 Å². The molecule has 0 aliphatic heterocycles. The number of nitrogens with zero attached hydrogens (tertiary/aromatic N) is 4. The maximum atomic E-state index is 12.5. The molecule has 0 atom stereocenters. The predicted octanol–water partition coefficient (Wildman–Crippen LogP) is 5.11. The number of carboxylic acids is 1. The van der Waals surface area contributed by atoms with Gasteiger partial charge in [0.05, 0.1) is 24.4 Å². The first-order chi connectivity index (χ1) is 24.7. The molecule has 51 heavy (non-hydrogen) atoms. The van der Waals surface area contributed by atoms with Gasteiger partial charge < -0.3 is 15.4 Å². The molecule has 0 saturated carbocycles. The first-order valence-corrected chi connectivity index (χ1v) is 15.3. The fraction of sp³-hybridized carbons (Fsp3) is 0.0526. The maximum Gasteiger partial charge on any atom is 0.307 e. The predicted molar refractivity (Wildman–Crippen MR) is 190 cm³/mol. The van der Waals surface area contributed by atoms with Gasteiger partial charge in [-0.1, -0.05) is 91.0 Å². The first kappa shape index (κ1) is 34.7. The zero-order chi connectivity index (χ0) is 36.2. The topological polar surface area (TPSA) is 218 Å². The molecule has 0 fully saturated rings. The molecule has 4 aromatic carbocycles. The number of rotatable bonds is 9. The monoisotopic (exact) mass is 676 g/mol. The van der Waals surface area contributed by atoms with Crippen molar-refractivity contribution in [2.45, 2.75) is 13.0 Å². The number of aromatic amines is 2. The number of carboxylic acid groups (broad SMARTS) is 1. The summed E-state index contributed by atoms with van der Waals surface area (Å²) in [4.78, 5) is 61.3. The number of carbonyl (C=O) groups is 2.